The predicted octanol–water partition coefficient (Wildman–Crippen LogP) is 4.02. The highest BCUT2D eigenvalue weighted by Gasteiger charge is 2.29. The third-order valence-electron chi connectivity index (χ3n) is 2.88. The SMILES string of the molecule is O=C(NCC#Cc1ccc(F)cc1)Nc1ccc(C(F)(F)F)cc1. The molecule has 0 atom stereocenters. The van der Waals surface area contributed by atoms with Crippen molar-refractivity contribution in [3.05, 3.63) is 65.5 Å². The number of anilines is 1. The molecule has 2 N–H and O–H groups in total. The summed E-state index contributed by atoms with van der Waals surface area (Å²) in [5.74, 6) is 5.04. The van der Waals surface area contributed by atoms with Crippen LogP contribution in [0.2, 0.25) is 0 Å². The summed E-state index contributed by atoms with van der Waals surface area (Å²) < 4.78 is 49.9. The van der Waals surface area contributed by atoms with Gasteiger partial charge in [0.15, 0.2) is 0 Å². The topological polar surface area (TPSA) is 41.1 Å². The summed E-state index contributed by atoms with van der Waals surface area (Å²) >= 11 is 0. The lowest BCUT2D eigenvalue weighted by Gasteiger charge is -2.08. The predicted molar refractivity (Wildman–Crippen MR) is 81.7 cm³/mol. The number of alkyl halides is 3. The van der Waals surface area contributed by atoms with Gasteiger partial charge in [0.25, 0.3) is 0 Å². The van der Waals surface area contributed by atoms with Gasteiger partial charge in [0.1, 0.15) is 5.82 Å². The first-order chi connectivity index (χ1) is 11.3. The van der Waals surface area contributed by atoms with E-state index in [1.54, 1.807) is 0 Å². The molecule has 0 heterocycles. The van der Waals surface area contributed by atoms with E-state index in [2.05, 4.69) is 22.5 Å². The normalized spacial score (nSPS) is 10.5. The van der Waals surface area contributed by atoms with E-state index in [1.165, 1.54) is 24.3 Å². The average molecular weight is 336 g/mol. The summed E-state index contributed by atoms with van der Waals surface area (Å²) in [6.07, 6.45) is -4.42. The molecule has 0 aromatic heterocycles. The molecule has 0 radical (unpaired) electrons. The maximum Gasteiger partial charge on any atom is 0.416 e. The summed E-state index contributed by atoms with van der Waals surface area (Å²) in [5, 5.41) is 4.83. The van der Waals surface area contributed by atoms with Gasteiger partial charge in [-0.05, 0) is 48.5 Å². The maximum atomic E-state index is 12.7. The largest absolute Gasteiger partial charge is 0.416 e. The zero-order valence-electron chi connectivity index (χ0n) is 12.2. The highest BCUT2D eigenvalue weighted by molar-refractivity contribution is 5.89. The fourth-order valence-electron chi connectivity index (χ4n) is 1.72. The van der Waals surface area contributed by atoms with E-state index < -0.39 is 17.8 Å². The van der Waals surface area contributed by atoms with Crippen molar-refractivity contribution in [2.24, 2.45) is 0 Å². The molecule has 0 aliphatic carbocycles. The van der Waals surface area contributed by atoms with Crippen LogP contribution in [0.1, 0.15) is 11.1 Å². The van der Waals surface area contributed by atoms with Crippen LogP contribution in [0.4, 0.5) is 28.0 Å². The first kappa shape index (κ1) is 17.3. The van der Waals surface area contributed by atoms with Crippen LogP contribution < -0.4 is 10.6 Å². The standard InChI is InChI=1S/C17H12F4N2O/c18-14-7-3-12(4-8-14)2-1-11-22-16(24)23-15-9-5-13(6-10-15)17(19,20)21/h3-10H,11H2,(H2,22,23,24). The van der Waals surface area contributed by atoms with E-state index >= 15 is 0 Å². The minimum atomic E-state index is -4.42. The average Bonchev–Trinajstić information content (AvgIpc) is 2.53. The molecule has 0 spiro atoms. The van der Waals surface area contributed by atoms with Crippen molar-refractivity contribution in [1.29, 1.82) is 0 Å². The number of rotatable bonds is 2. The second-order valence-electron chi connectivity index (χ2n) is 4.69. The number of amides is 2. The monoisotopic (exact) mass is 336 g/mol. The molecule has 0 saturated heterocycles. The van der Waals surface area contributed by atoms with Gasteiger partial charge in [-0.25, -0.2) is 9.18 Å². The van der Waals surface area contributed by atoms with Crippen LogP contribution in [-0.2, 0) is 6.18 Å². The van der Waals surface area contributed by atoms with Crippen LogP contribution in [0.15, 0.2) is 48.5 Å². The van der Waals surface area contributed by atoms with Crippen LogP contribution in [-0.4, -0.2) is 12.6 Å². The Morgan fingerprint density at radius 1 is 1.00 bits per heavy atom. The minimum Gasteiger partial charge on any atom is -0.327 e. The van der Waals surface area contributed by atoms with Gasteiger partial charge in [-0.2, -0.15) is 13.2 Å². The van der Waals surface area contributed by atoms with Crippen molar-refractivity contribution in [3.63, 3.8) is 0 Å². The Balaban J connectivity index is 1.82. The Morgan fingerprint density at radius 3 is 2.21 bits per heavy atom. The molecule has 0 bridgehead atoms. The van der Waals surface area contributed by atoms with Gasteiger partial charge in [-0.1, -0.05) is 11.8 Å². The molecule has 2 aromatic carbocycles. The summed E-state index contributed by atoms with van der Waals surface area (Å²) in [6.45, 7) is 0.0316. The number of urea groups is 1. The number of hydrogen-bond donors (Lipinski definition) is 2. The van der Waals surface area contributed by atoms with E-state index in [0.29, 0.717) is 5.56 Å². The molecule has 2 amide bonds. The Labute approximate surface area is 135 Å². The Hall–Kier alpha value is -3.01. The number of halogens is 4. The molecule has 0 aliphatic rings. The van der Waals surface area contributed by atoms with Crippen molar-refractivity contribution in [2.75, 3.05) is 11.9 Å². The fourth-order valence-corrected chi connectivity index (χ4v) is 1.72. The molecule has 24 heavy (non-hydrogen) atoms. The third kappa shape index (κ3) is 5.32. The Morgan fingerprint density at radius 2 is 1.62 bits per heavy atom. The molecule has 124 valence electrons. The molecule has 0 unspecified atom stereocenters. The van der Waals surface area contributed by atoms with Crippen molar-refractivity contribution >= 4 is 11.7 Å². The maximum absolute atomic E-state index is 12.7. The molecule has 2 rings (SSSR count). The van der Waals surface area contributed by atoms with E-state index in [-0.39, 0.29) is 18.0 Å². The van der Waals surface area contributed by atoms with Gasteiger partial charge >= 0.3 is 12.2 Å². The smallest absolute Gasteiger partial charge is 0.327 e. The highest BCUT2D eigenvalue weighted by atomic mass is 19.4. The zero-order chi connectivity index (χ0) is 17.6. The highest BCUT2D eigenvalue weighted by Crippen LogP contribution is 2.29. The molecule has 0 aliphatic heterocycles. The number of carbonyl (C=O) groups excluding carboxylic acids is 1. The molecule has 3 nitrogen and oxygen atoms in total. The van der Waals surface area contributed by atoms with Crippen LogP contribution in [0.25, 0.3) is 0 Å². The van der Waals surface area contributed by atoms with Crippen molar-refractivity contribution in [2.45, 2.75) is 6.18 Å². The van der Waals surface area contributed by atoms with E-state index in [0.717, 1.165) is 24.3 Å². The van der Waals surface area contributed by atoms with E-state index in [4.69, 9.17) is 0 Å². The molecule has 0 fully saturated rings. The summed E-state index contributed by atoms with van der Waals surface area (Å²) in [6, 6.07) is 9.04. The van der Waals surface area contributed by atoms with Crippen LogP contribution >= 0.6 is 0 Å². The molecule has 7 heteroatoms. The van der Waals surface area contributed by atoms with Crippen molar-refractivity contribution in [3.8, 4) is 11.8 Å². The Kier molecular flexibility index (Phi) is 5.42. The van der Waals surface area contributed by atoms with Crippen LogP contribution in [0.5, 0.6) is 0 Å². The molecule has 0 saturated carbocycles. The molecular weight excluding hydrogens is 324 g/mol. The zero-order valence-corrected chi connectivity index (χ0v) is 12.2. The lowest BCUT2D eigenvalue weighted by molar-refractivity contribution is -0.137. The second kappa shape index (κ2) is 7.51. The van der Waals surface area contributed by atoms with E-state index in [1.807, 2.05) is 0 Å². The van der Waals surface area contributed by atoms with Crippen LogP contribution in [0.3, 0.4) is 0 Å². The second-order valence-corrected chi connectivity index (χ2v) is 4.69. The summed E-state index contributed by atoms with van der Waals surface area (Å²) in [4.78, 5) is 11.6. The van der Waals surface area contributed by atoms with Crippen LogP contribution in [0, 0.1) is 17.7 Å². The quantitative estimate of drug-likeness (QED) is 0.631. The summed E-state index contributed by atoms with van der Waals surface area (Å²) in [7, 11) is 0. The fraction of sp³-hybridized carbons (Fsp3) is 0.118. The van der Waals surface area contributed by atoms with Gasteiger partial charge in [-0.15, -0.1) is 0 Å². The number of carbonyl (C=O) groups is 1. The van der Waals surface area contributed by atoms with Gasteiger partial charge in [0.2, 0.25) is 0 Å². The number of hydrogen-bond acceptors (Lipinski definition) is 1. The van der Waals surface area contributed by atoms with Gasteiger partial charge in [-0.3, -0.25) is 0 Å². The first-order valence-electron chi connectivity index (χ1n) is 6.81. The van der Waals surface area contributed by atoms with Gasteiger partial charge in [0, 0.05) is 11.3 Å². The number of benzene rings is 2. The third-order valence-corrected chi connectivity index (χ3v) is 2.88. The van der Waals surface area contributed by atoms with Gasteiger partial charge < -0.3 is 10.6 Å². The lowest BCUT2D eigenvalue weighted by atomic mass is 10.2. The number of nitrogens with one attached hydrogen (secondary N) is 2. The van der Waals surface area contributed by atoms with E-state index in [9.17, 15) is 22.4 Å². The van der Waals surface area contributed by atoms with Gasteiger partial charge in [0.05, 0.1) is 12.1 Å². The minimum absolute atomic E-state index is 0.0316. The molecular formula is C17H12F4N2O. The van der Waals surface area contributed by atoms with Crippen molar-refractivity contribution < 1.29 is 22.4 Å². The first-order valence-corrected chi connectivity index (χ1v) is 6.81. The van der Waals surface area contributed by atoms with Crippen molar-refractivity contribution in [1.82, 2.24) is 5.32 Å². The Bertz CT molecular complexity index is 756. The summed E-state index contributed by atoms with van der Waals surface area (Å²) in [5.41, 5.74) is 0.0342. The molecule has 2 aromatic rings. The lowest BCUT2D eigenvalue weighted by Crippen LogP contribution is -2.28.